The SMILES string of the molecule is COc1cc(O)cc2cc([C@@H](C)[C@H](C)O)oc(=O)c12. The topological polar surface area (TPSA) is 79.9 Å². The Hall–Kier alpha value is -2.01. The Morgan fingerprint density at radius 3 is 2.53 bits per heavy atom. The fourth-order valence-electron chi connectivity index (χ4n) is 1.92. The van der Waals surface area contributed by atoms with Gasteiger partial charge < -0.3 is 19.4 Å². The standard InChI is InChI=1S/C14H16O5/c1-7(8(2)15)11-5-9-4-10(16)6-12(18-3)13(9)14(17)19-11/h4-8,15-16H,1-3H3/t7-,8-/m0/s1. The molecule has 0 unspecified atom stereocenters. The molecule has 0 saturated heterocycles. The summed E-state index contributed by atoms with van der Waals surface area (Å²) in [6, 6.07) is 4.46. The first kappa shape index (κ1) is 13.4. The third-order valence-corrected chi connectivity index (χ3v) is 3.22. The molecule has 5 nitrogen and oxygen atoms in total. The van der Waals surface area contributed by atoms with Gasteiger partial charge in [0, 0.05) is 12.0 Å². The fraction of sp³-hybridized carbons (Fsp3) is 0.357. The highest BCUT2D eigenvalue weighted by Gasteiger charge is 2.18. The van der Waals surface area contributed by atoms with Crippen molar-refractivity contribution in [2.75, 3.05) is 7.11 Å². The molecule has 0 aliphatic carbocycles. The number of phenols is 1. The van der Waals surface area contributed by atoms with E-state index in [-0.39, 0.29) is 22.8 Å². The van der Waals surface area contributed by atoms with Gasteiger partial charge in [0.05, 0.1) is 13.2 Å². The summed E-state index contributed by atoms with van der Waals surface area (Å²) >= 11 is 0. The molecule has 102 valence electrons. The van der Waals surface area contributed by atoms with E-state index in [1.54, 1.807) is 19.9 Å². The van der Waals surface area contributed by atoms with E-state index in [1.807, 2.05) is 0 Å². The van der Waals surface area contributed by atoms with E-state index in [0.29, 0.717) is 11.1 Å². The van der Waals surface area contributed by atoms with Gasteiger partial charge in [-0.1, -0.05) is 6.92 Å². The largest absolute Gasteiger partial charge is 0.508 e. The predicted octanol–water partition coefficient (Wildman–Crippen LogP) is 1.99. The predicted molar refractivity (Wildman–Crippen MR) is 70.8 cm³/mol. The minimum Gasteiger partial charge on any atom is -0.508 e. The van der Waals surface area contributed by atoms with Crippen LogP contribution < -0.4 is 10.4 Å². The lowest BCUT2D eigenvalue weighted by molar-refractivity contribution is 0.156. The lowest BCUT2D eigenvalue weighted by Crippen LogP contribution is -2.14. The molecule has 0 bridgehead atoms. The van der Waals surface area contributed by atoms with E-state index in [4.69, 9.17) is 9.15 Å². The first-order valence-corrected chi connectivity index (χ1v) is 5.97. The van der Waals surface area contributed by atoms with Crippen molar-refractivity contribution in [2.45, 2.75) is 25.9 Å². The van der Waals surface area contributed by atoms with Crippen molar-refractivity contribution in [1.29, 1.82) is 0 Å². The van der Waals surface area contributed by atoms with Crippen molar-refractivity contribution in [1.82, 2.24) is 0 Å². The summed E-state index contributed by atoms with van der Waals surface area (Å²) in [5.74, 6) is 0.330. The van der Waals surface area contributed by atoms with Crippen molar-refractivity contribution >= 4 is 10.8 Å². The number of rotatable bonds is 3. The van der Waals surface area contributed by atoms with Crippen LogP contribution in [0.1, 0.15) is 25.5 Å². The molecule has 19 heavy (non-hydrogen) atoms. The molecule has 5 heteroatoms. The summed E-state index contributed by atoms with van der Waals surface area (Å²) in [6.45, 7) is 3.38. The smallest absolute Gasteiger partial charge is 0.347 e. The summed E-state index contributed by atoms with van der Waals surface area (Å²) in [6.07, 6.45) is -0.639. The zero-order valence-electron chi connectivity index (χ0n) is 11.0. The van der Waals surface area contributed by atoms with Crippen LogP contribution in [0, 0.1) is 0 Å². The van der Waals surface area contributed by atoms with Crippen molar-refractivity contribution in [3.05, 3.63) is 34.4 Å². The van der Waals surface area contributed by atoms with Crippen molar-refractivity contribution in [3.63, 3.8) is 0 Å². The molecule has 0 aliphatic heterocycles. The molecule has 0 radical (unpaired) electrons. The summed E-state index contributed by atoms with van der Waals surface area (Å²) < 4.78 is 10.3. The van der Waals surface area contributed by atoms with E-state index in [2.05, 4.69) is 0 Å². The maximum Gasteiger partial charge on any atom is 0.347 e. The van der Waals surface area contributed by atoms with Gasteiger partial charge in [-0.25, -0.2) is 4.79 Å². The Morgan fingerprint density at radius 1 is 1.26 bits per heavy atom. The van der Waals surface area contributed by atoms with Gasteiger partial charge in [0.2, 0.25) is 0 Å². The Balaban J connectivity index is 2.74. The molecule has 0 saturated carbocycles. The normalized spacial score (nSPS) is 14.3. The quantitative estimate of drug-likeness (QED) is 0.886. The molecule has 1 aromatic carbocycles. The number of hydrogen-bond acceptors (Lipinski definition) is 5. The summed E-state index contributed by atoms with van der Waals surface area (Å²) in [4.78, 5) is 12.0. The van der Waals surface area contributed by atoms with Crippen LogP contribution in [0.2, 0.25) is 0 Å². The van der Waals surface area contributed by atoms with Crippen LogP contribution in [0.4, 0.5) is 0 Å². The summed E-state index contributed by atoms with van der Waals surface area (Å²) in [5, 5.41) is 20.0. The number of methoxy groups -OCH3 is 1. The maximum atomic E-state index is 12.0. The third-order valence-electron chi connectivity index (χ3n) is 3.22. The van der Waals surface area contributed by atoms with Gasteiger partial charge in [-0.2, -0.15) is 0 Å². The van der Waals surface area contributed by atoms with Gasteiger partial charge in [-0.3, -0.25) is 0 Å². The number of benzene rings is 1. The van der Waals surface area contributed by atoms with Gasteiger partial charge in [-0.05, 0) is 24.4 Å². The van der Waals surface area contributed by atoms with Gasteiger partial charge in [-0.15, -0.1) is 0 Å². The van der Waals surface area contributed by atoms with Crippen LogP contribution in [-0.2, 0) is 0 Å². The summed E-state index contributed by atoms with van der Waals surface area (Å²) in [5.41, 5.74) is -0.545. The minimum absolute atomic E-state index is 0.00519. The van der Waals surface area contributed by atoms with E-state index >= 15 is 0 Å². The first-order valence-electron chi connectivity index (χ1n) is 5.97. The Morgan fingerprint density at radius 2 is 1.95 bits per heavy atom. The molecule has 2 N–H and O–H groups in total. The van der Waals surface area contributed by atoms with Crippen LogP contribution in [0.3, 0.4) is 0 Å². The minimum atomic E-state index is -0.639. The Kier molecular flexibility index (Phi) is 3.48. The molecular weight excluding hydrogens is 248 g/mol. The highest BCUT2D eigenvalue weighted by atomic mass is 16.5. The lowest BCUT2D eigenvalue weighted by Gasteiger charge is -2.14. The number of fused-ring (bicyclic) bond motifs is 1. The molecule has 0 fully saturated rings. The molecule has 2 aromatic rings. The van der Waals surface area contributed by atoms with Crippen LogP contribution in [0.25, 0.3) is 10.8 Å². The molecule has 1 heterocycles. The average molecular weight is 264 g/mol. The van der Waals surface area contributed by atoms with Gasteiger partial charge in [0.25, 0.3) is 0 Å². The van der Waals surface area contributed by atoms with E-state index < -0.39 is 11.7 Å². The Bertz CT molecular complexity index is 657. The second-order valence-electron chi connectivity index (χ2n) is 4.58. The second kappa shape index (κ2) is 4.93. The van der Waals surface area contributed by atoms with Crippen LogP contribution in [0.5, 0.6) is 11.5 Å². The van der Waals surface area contributed by atoms with E-state index in [0.717, 1.165) is 0 Å². The molecule has 2 atom stereocenters. The second-order valence-corrected chi connectivity index (χ2v) is 4.58. The van der Waals surface area contributed by atoms with Gasteiger partial charge >= 0.3 is 5.63 Å². The zero-order chi connectivity index (χ0) is 14.2. The maximum absolute atomic E-state index is 12.0. The highest BCUT2D eigenvalue weighted by Crippen LogP contribution is 2.30. The lowest BCUT2D eigenvalue weighted by atomic mass is 10.0. The van der Waals surface area contributed by atoms with Crippen LogP contribution in [-0.4, -0.2) is 23.4 Å². The number of ether oxygens (including phenoxy) is 1. The zero-order valence-corrected chi connectivity index (χ0v) is 11.0. The van der Waals surface area contributed by atoms with Gasteiger partial charge in [0.15, 0.2) is 0 Å². The monoisotopic (exact) mass is 264 g/mol. The molecule has 0 aliphatic rings. The van der Waals surface area contributed by atoms with Crippen LogP contribution >= 0.6 is 0 Å². The number of aliphatic hydroxyl groups is 1. The fourth-order valence-corrected chi connectivity index (χ4v) is 1.92. The van der Waals surface area contributed by atoms with Crippen molar-refractivity contribution in [3.8, 4) is 11.5 Å². The first-order chi connectivity index (χ1) is 8.93. The molecule has 1 aromatic heterocycles. The number of aliphatic hydroxyl groups excluding tert-OH is 1. The van der Waals surface area contributed by atoms with Crippen molar-refractivity contribution < 1.29 is 19.4 Å². The molecule has 0 spiro atoms. The van der Waals surface area contributed by atoms with Crippen LogP contribution in [0.15, 0.2) is 27.4 Å². The number of aromatic hydroxyl groups is 1. The van der Waals surface area contributed by atoms with E-state index in [1.165, 1.54) is 19.2 Å². The molecule has 0 amide bonds. The average Bonchev–Trinajstić information content (AvgIpc) is 2.35. The molecule has 2 rings (SSSR count). The van der Waals surface area contributed by atoms with E-state index in [9.17, 15) is 15.0 Å². The van der Waals surface area contributed by atoms with Crippen molar-refractivity contribution in [2.24, 2.45) is 0 Å². The third kappa shape index (κ3) is 2.42. The highest BCUT2D eigenvalue weighted by molar-refractivity contribution is 5.88. The Labute approximate surface area is 110 Å². The number of hydrogen-bond donors (Lipinski definition) is 2. The molecular formula is C14H16O5. The summed E-state index contributed by atoms with van der Waals surface area (Å²) in [7, 11) is 1.42. The number of phenolic OH excluding ortho intramolecular Hbond substituents is 1. The van der Waals surface area contributed by atoms with Gasteiger partial charge in [0.1, 0.15) is 22.6 Å².